The summed E-state index contributed by atoms with van der Waals surface area (Å²) in [5, 5.41) is 0. The van der Waals surface area contributed by atoms with Crippen LogP contribution >= 0.6 is 0 Å². The van der Waals surface area contributed by atoms with Crippen LogP contribution < -0.4 is 4.90 Å². The summed E-state index contributed by atoms with van der Waals surface area (Å²) in [5.41, 5.74) is 4.02. The minimum absolute atomic E-state index is 0.248. The van der Waals surface area contributed by atoms with E-state index >= 15 is 0 Å². The van der Waals surface area contributed by atoms with Crippen molar-refractivity contribution in [1.82, 2.24) is 9.80 Å². The Hall–Kier alpha value is -1.71. The van der Waals surface area contributed by atoms with E-state index in [4.69, 9.17) is 0 Å². The van der Waals surface area contributed by atoms with Crippen molar-refractivity contribution in [2.24, 2.45) is 5.92 Å². The van der Waals surface area contributed by atoms with Gasteiger partial charge in [-0.05, 0) is 49.8 Å². The summed E-state index contributed by atoms with van der Waals surface area (Å²) < 4.78 is 0. The van der Waals surface area contributed by atoms with Gasteiger partial charge in [-0.2, -0.15) is 0 Å². The van der Waals surface area contributed by atoms with E-state index in [1.165, 1.54) is 16.8 Å². The Morgan fingerprint density at radius 3 is 2.22 bits per heavy atom. The fourth-order valence-electron chi connectivity index (χ4n) is 3.62. The van der Waals surface area contributed by atoms with E-state index < -0.39 is 0 Å². The molecule has 4 nitrogen and oxygen atoms in total. The molecule has 2 heterocycles. The number of nitrogens with zero attached hydrogens (tertiary/aromatic N) is 3. The number of benzene rings is 1. The number of carbonyl (C=O) groups is 1. The van der Waals surface area contributed by atoms with E-state index in [1.54, 1.807) is 0 Å². The fourth-order valence-corrected chi connectivity index (χ4v) is 3.62. The second kappa shape index (κ2) is 6.81. The Labute approximate surface area is 140 Å². The van der Waals surface area contributed by atoms with Crippen molar-refractivity contribution >= 4 is 11.7 Å². The van der Waals surface area contributed by atoms with Crippen molar-refractivity contribution in [2.75, 3.05) is 44.2 Å². The van der Waals surface area contributed by atoms with Crippen molar-refractivity contribution < 1.29 is 4.79 Å². The van der Waals surface area contributed by atoms with Gasteiger partial charge in [-0.3, -0.25) is 0 Å². The van der Waals surface area contributed by atoms with Crippen LogP contribution in [0.15, 0.2) is 18.2 Å². The van der Waals surface area contributed by atoms with E-state index in [1.807, 2.05) is 9.80 Å². The van der Waals surface area contributed by atoms with Gasteiger partial charge in [0.05, 0.1) is 0 Å². The number of rotatable bonds is 1. The summed E-state index contributed by atoms with van der Waals surface area (Å²) >= 11 is 0. The molecule has 2 aliphatic rings. The highest BCUT2D eigenvalue weighted by Gasteiger charge is 2.27. The molecular weight excluding hydrogens is 286 g/mol. The molecule has 3 rings (SSSR count). The molecule has 0 aliphatic carbocycles. The van der Waals surface area contributed by atoms with Gasteiger partial charge in [0.1, 0.15) is 0 Å². The van der Waals surface area contributed by atoms with Gasteiger partial charge in [0.15, 0.2) is 0 Å². The Bertz CT molecular complexity index is 556. The number of carbonyl (C=O) groups excluding carboxylic acids is 1. The molecule has 2 saturated heterocycles. The quantitative estimate of drug-likeness (QED) is 0.795. The molecule has 4 heteroatoms. The Morgan fingerprint density at radius 1 is 0.957 bits per heavy atom. The zero-order valence-corrected chi connectivity index (χ0v) is 14.7. The number of hydrogen-bond donors (Lipinski definition) is 0. The zero-order chi connectivity index (χ0) is 16.4. The third kappa shape index (κ3) is 3.46. The number of likely N-dealkylation sites (tertiary alicyclic amines) is 1. The summed E-state index contributed by atoms with van der Waals surface area (Å²) in [7, 11) is 0. The molecule has 0 bridgehead atoms. The van der Waals surface area contributed by atoms with Crippen LogP contribution in [0.25, 0.3) is 0 Å². The highest BCUT2D eigenvalue weighted by Crippen LogP contribution is 2.24. The maximum atomic E-state index is 12.7. The number of amides is 2. The minimum Gasteiger partial charge on any atom is -0.368 e. The summed E-state index contributed by atoms with van der Waals surface area (Å²) in [6, 6.07) is 6.74. The van der Waals surface area contributed by atoms with Crippen LogP contribution in [-0.2, 0) is 0 Å². The molecule has 0 spiro atoms. The molecule has 23 heavy (non-hydrogen) atoms. The molecule has 1 aromatic carbocycles. The molecule has 0 unspecified atom stereocenters. The van der Waals surface area contributed by atoms with Gasteiger partial charge in [-0.15, -0.1) is 0 Å². The van der Waals surface area contributed by atoms with Gasteiger partial charge in [-0.1, -0.05) is 19.1 Å². The predicted octanol–water partition coefficient (Wildman–Crippen LogP) is 3.28. The van der Waals surface area contributed by atoms with Crippen molar-refractivity contribution in [3.63, 3.8) is 0 Å². The third-order valence-corrected chi connectivity index (χ3v) is 5.52. The van der Waals surface area contributed by atoms with E-state index in [-0.39, 0.29) is 6.03 Å². The Balaban J connectivity index is 1.58. The summed E-state index contributed by atoms with van der Waals surface area (Å²) in [4.78, 5) is 19.2. The molecule has 1 aromatic rings. The highest BCUT2D eigenvalue weighted by atomic mass is 16.2. The average Bonchev–Trinajstić information content (AvgIpc) is 2.58. The number of urea groups is 1. The van der Waals surface area contributed by atoms with Gasteiger partial charge >= 0.3 is 6.03 Å². The highest BCUT2D eigenvalue weighted by molar-refractivity contribution is 5.75. The maximum absolute atomic E-state index is 12.7. The van der Waals surface area contributed by atoms with Crippen LogP contribution in [0.5, 0.6) is 0 Å². The van der Waals surface area contributed by atoms with E-state index in [2.05, 4.69) is 43.9 Å². The lowest BCUT2D eigenvalue weighted by atomic mass is 9.99. The van der Waals surface area contributed by atoms with Crippen LogP contribution in [0, 0.1) is 19.8 Å². The first-order valence-electron chi connectivity index (χ1n) is 8.91. The average molecular weight is 315 g/mol. The number of aryl methyl sites for hydroxylation is 1. The molecular formula is C19H29N3O. The lowest BCUT2D eigenvalue weighted by Crippen LogP contribution is -2.54. The van der Waals surface area contributed by atoms with Gasteiger partial charge in [-0.25, -0.2) is 4.79 Å². The summed E-state index contributed by atoms with van der Waals surface area (Å²) in [6.45, 7) is 12.0. The first-order valence-corrected chi connectivity index (χ1v) is 8.91. The number of hydrogen-bond acceptors (Lipinski definition) is 2. The van der Waals surface area contributed by atoms with Gasteiger partial charge in [0.25, 0.3) is 0 Å². The van der Waals surface area contributed by atoms with Crippen LogP contribution in [0.2, 0.25) is 0 Å². The molecule has 0 aromatic heterocycles. The minimum atomic E-state index is 0.248. The fraction of sp³-hybridized carbons (Fsp3) is 0.632. The van der Waals surface area contributed by atoms with E-state index in [9.17, 15) is 4.79 Å². The number of anilines is 1. The molecule has 0 saturated carbocycles. The first-order chi connectivity index (χ1) is 11.1. The maximum Gasteiger partial charge on any atom is 0.320 e. The largest absolute Gasteiger partial charge is 0.368 e. The molecule has 2 aliphatic heterocycles. The normalized spacial score (nSPS) is 20.0. The van der Waals surface area contributed by atoms with Crippen molar-refractivity contribution in [2.45, 2.75) is 33.6 Å². The molecule has 0 radical (unpaired) electrons. The van der Waals surface area contributed by atoms with Crippen LogP contribution in [0.3, 0.4) is 0 Å². The zero-order valence-electron chi connectivity index (χ0n) is 14.7. The lowest BCUT2D eigenvalue weighted by molar-refractivity contribution is 0.132. The van der Waals surface area contributed by atoms with Crippen molar-refractivity contribution in [3.05, 3.63) is 29.3 Å². The Kier molecular flexibility index (Phi) is 4.79. The lowest BCUT2D eigenvalue weighted by Gasteiger charge is -2.40. The second-order valence-electron chi connectivity index (χ2n) is 7.15. The summed E-state index contributed by atoms with van der Waals surface area (Å²) in [6.07, 6.45) is 2.29. The molecule has 0 atom stereocenters. The van der Waals surface area contributed by atoms with Gasteiger partial charge in [0.2, 0.25) is 0 Å². The molecule has 0 N–H and O–H groups in total. The van der Waals surface area contributed by atoms with Crippen molar-refractivity contribution in [3.8, 4) is 0 Å². The molecule has 2 amide bonds. The standard InChI is InChI=1S/C19H29N3O/c1-15-7-9-21(10-8-15)19(23)22-13-11-20(12-14-22)18-6-4-5-16(2)17(18)3/h4-6,15H,7-14H2,1-3H3. The Morgan fingerprint density at radius 2 is 1.57 bits per heavy atom. The van der Waals surface area contributed by atoms with Crippen LogP contribution in [0.4, 0.5) is 10.5 Å². The molecule has 2 fully saturated rings. The van der Waals surface area contributed by atoms with E-state index in [0.29, 0.717) is 0 Å². The topological polar surface area (TPSA) is 26.8 Å². The van der Waals surface area contributed by atoms with Gasteiger partial charge in [0, 0.05) is 45.0 Å². The SMILES string of the molecule is Cc1cccc(N2CCN(C(=O)N3CCC(C)CC3)CC2)c1C. The number of piperidine rings is 1. The van der Waals surface area contributed by atoms with E-state index in [0.717, 1.165) is 58.0 Å². The van der Waals surface area contributed by atoms with Gasteiger partial charge < -0.3 is 14.7 Å². The summed E-state index contributed by atoms with van der Waals surface area (Å²) in [5.74, 6) is 0.764. The third-order valence-electron chi connectivity index (χ3n) is 5.52. The van der Waals surface area contributed by atoms with Crippen LogP contribution in [0.1, 0.15) is 30.9 Å². The number of piperazine rings is 1. The second-order valence-corrected chi connectivity index (χ2v) is 7.15. The monoisotopic (exact) mass is 315 g/mol. The smallest absolute Gasteiger partial charge is 0.320 e. The first kappa shape index (κ1) is 16.2. The molecule has 126 valence electrons. The van der Waals surface area contributed by atoms with Crippen molar-refractivity contribution in [1.29, 1.82) is 0 Å². The van der Waals surface area contributed by atoms with Crippen LogP contribution in [-0.4, -0.2) is 55.1 Å². The predicted molar refractivity (Wildman–Crippen MR) is 95.1 cm³/mol.